The van der Waals surface area contributed by atoms with Gasteiger partial charge in [-0.05, 0) is 49.7 Å². The molecule has 138 valence electrons. The van der Waals surface area contributed by atoms with Gasteiger partial charge in [-0.15, -0.1) is 0 Å². The number of benzene rings is 2. The van der Waals surface area contributed by atoms with Crippen molar-refractivity contribution >= 4 is 22.9 Å². The van der Waals surface area contributed by atoms with Gasteiger partial charge >= 0.3 is 0 Å². The summed E-state index contributed by atoms with van der Waals surface area (Å²) in [5, 5.41) is 0. The Bertz CT molecular complexity index is 1000. The van der Waals surface area contributed by atoms with Crippen LogP contribution in [0.3, 0.4) is 0 Å². The number of carbonyl (C=O) groups is 1. The smallest absolute Gasteiger partial charge is 0.152 e. The Morgan fingerprint density at radius 2 is 2.07 bits per heavy atom. The van der Waals surface area contributed by atoms with Gasteiger partial charge in [0.25, 0.3) is 0 Å². The summed E-state index contributed by atoms with van der Waals surface area (Å²) in [6.45, 7) is 7.07. The van der Waals surface area contributed by atoms with E-state index in [0.717, 1.165) is 48.5 Å². The number of imidazole rings is 1. The first-order valence-electron chi connectivity index (χ1n) is 9.64. The van der Waals surface area contributed by atoms with Gasteiger partial charge < -0.3 is 9.47 Å². The molecule has 0 bridgehead atoms. The van der Waals surface area contributed by atoms with Crippen LogP contribution in [-0.2, 0) is 4.79 Å². The summed E-state index contributed by atoms with van der Waals surface area (Å²) < 4.78 is 2.42. The summed E-state index contributed by atoms with van der Waals surface area (Å²) in [6, 6.07) is 17.1. The monoisotopic (exact) mass is 359 g/mol. The van der Waals surface area contributed by atoms with E-state index in [1.807, 2.05) is 24.3 Å². The van der Waals surface area contributed by atoms with Crippen LogP contribution in [0.5, 0.6) is 0 Å². The molecule has 2 aromatic carbocycles. The molecule has 3 aromatic rings. The number of para-hydroxylation sites is 2. The second kappa shape index (κ2) is 7.49. The van der Waals surface area contributed by atoms with Crippen LogP contribution in [0, 0.1) is 0 Å². The lowest BCUT2D eigenvalue weighted by Crippen LogP contribution is -2.21. The van der Waals surface area contributed by atoms with Crippen molar-refractivity contribution in [2.45, 2.75) is 26.3 Å². The molecule has 1 atom stereocenters. The minimum atomic E-state index is 0.0539. The lowest BCUT2D eigenvalue weighted by Gasteiger charge is -2.18. The maximum Gasteiger partial charge on any atom is 0.152 e. The lowest BCUT2D eigenvalue weighted by atomic mass is 10.1. The molecule has 4 heteroatoms. The van der Waals surface area contributed by atoms with Crippen molar-refractivity contribution in [3.8, 4) is 11.4 Å². The lowest BCUT2D eigenvalue weighted by molar-refractivity contribution is -0.112. The molecule has 0 N–H and O–H groups in total. The molecule has 4 nitrogen and oxygen atoms in total. The van der Waals surface area contributed by atoms with E-state index in [-0.39, 0.29) is 5.78 Å². The Morgan fingerprint density at radius 1 is 1.22 bits per heavy atom. The summed E-state index contributed by atoms with van der Waals surface area (Å²) in [4.78, 5) is 18.7. The van der Waals surface area contributed by atoms with Gasteiger partial charge in [0.15, 0.2) is 5.78 Å². The van der Waals surface area contributed by atoms with Gasteiger partial charge in [0.2, 0.25) is 0 Å². The van der Waals surface area contributed by atoms with E-state index < -0.39 is 0 Å². The van der Waals surface area contributed by atoms with Crippen LogP contribution in [-0.4, -0.2) is 39.9 Å². The Kier molecular flexibility index (Phi) is 4.90. The molecule has 0 spiro atoms. The Hall–Kier alpha value is -2.72. The maximum atomic E-state index is 11.3. The van der Waals surface area contributed by atoms with Crippen molar-refractivity contribution in [1.82, 2.24) is 14.5 Å². The minimum absolute atomic E-state index is 0.0539. The maximum absolute atomic E-state index is 11.3. The quantitative estimate of drug-likeness (QED) is 0.626. The van der Waals surface area contributed by atoms with Crippen LogP contribution in [0.2, 0.25) is 0 Å². The first kappa shape index (κ1) is 17.7. The highest BCUT2D eigenvalue weighted by molar-refractivity contribution is 5.91. The molecule has 1 saturated heterocycles. The van der Waals surface area contributed by atoms with Crippen LogP contribution in [0.25, 0.3) is 28.5 Å². The molecule has 4 rings (SSSR count). The van der Waals surface area contributed by atoms with Gasteiger partial charge in [0, 0.05) is 24.7 Å². The van der Waals surface area contributed by atoms with E-state index in [1.165, 1.54) is 5.52 Å². The molecule has 1 aromatic heterocycles. The number of hydrogen-bond donors (Lipinski definition) is 0. The number of carbonyl (C=O) groups excluding carboxylic acids is 1. The van der Waals surface area contributed by atoms with Gasteiger partial charge in [-0.3, -0.25) is 4.79 Å². The van der Waals surface area contributed by atoms with Crippen LogP contribution in [0.1, 0.15) is 31.9 Å². The van der Waals surface area contributed by atoms with E-state index in [1.54, 1.807) is 13.0 Å². The molecule has 1 aliphatic heterocycles. The fourth-order valence-corrected chi connectivity index (χ4v) is 3.92. The normalized spacial score (nSPS) is 17.9. The summed E-state index contributed by atoms with van der Waals surface area (Å²) in [5.41, 5.74) is 4.34. The van der Waals surface area contributed by atoms with Crippen molar-refractivity contribution in [2.24, 2.45) is 0 Å². The average Bonchev–Trinajstić information content (AvgIpc) is 3.30. The number of aromatic nitrogens is 2. The summed E-state index contributed by atoms with van der Waals surface area (Å²) in [6.07, 6.45) is 4.62. The van der Waals surface area contributed by atoms with Crippen LogP contribution in [0.4, 0.5) is 0 Å². The van der Waals surface area contributed by atoms with E-state index in [4.69, 9.17) is 4.98 Å². The van der Waals surface area contributed by atoms with Crippen LogP contribution < -0.4 is 0 Å². The molecule has 0 saturated carbocycles. The number of rotatable bonds is 5. The largest absolute Gasteiger partial charge is 0.319 e. The predicted molar refractivity (Wildman–Crippen MR) is 111 cm³/mol. The standard InChI is InChI=1S/C23H25N3O/c1-3-25-14-13-20(16-25)26-22-10-5-4-9-21(22)24-23(26)19-8-6-7-18(15-19)12-11-17(2)27/h4-12,15,20H,3,13-14,16H2,1-2H3/b12-11+. The SMILES string of the molecule is CCN1CCC(n2c(-c3cccc(/C=C/C(C)=O)c3)nc3ccccc32)C1. The molecule has 1 unspecified atom stereocenters. The van der Waals surface area contributed by atoms with Crippen molar-refractivity contribution in [1.29, 1.82) is 0 Å². The van der Waals surface area contributed by atoms with Crippen molar-refractivity contribution < 1.29 is 4.79 Å². The molecule has 1 aliphatic rings. The zero-order valence-corrected chi connectivity index (χ0v) is 15.9. The van der Waals surface area contributed by atoms with Crippen LogP contribution >= 0.6 is 0 Å². The Labute approximate surface area is 160 Å². The molecule has 27 heavy (non-hydrogen) atoms. The Morgan fingerprint density at radius 3 is 2.85 bits per heavy atom. The fraction of sp³-hybridized carbons (Fsp3) is 0.304. The number of nitrogens with zero attached hydrogens (tertiary/aromatic N) is 3. The van der Waals surface area contributed by atoms with Gasteiger partial charge in [0.05, 0.1) is 11.0 Å². The number of allylic oxidation sites excluding steroid dienone is 1. The highest BCUT2D eigenvalue weighted by Crippen LogP contribution is 2.33. The minimum Gasteiger partial charge on any atom is -0.319 e. The summed E-state index contributed by atoms with van der Waals surface area (Å²) in [7, 11) is 0. The highest BCUT2D eigenvalue weighted by atomic mass is 16.1. The van der Waals surface area contributed by atoms with E-state index in [9.17, 15) is 4.79 Å². The second-order valence-electron chi connectivity index (χ2n) is 7.20. The van der Waals surface area contributed by atoms with Gasteiger partial charge in [-0.2, -0.15) is 0 Å². The van der Waals surface area contributed by atoms with Crippen molar-refractivity contribution in [2.75, 3.05) is 19.6 Å². The van der Waals surface area contributed by atoms with Crippen molar-refractivity contribution in [3.05, 3.63) is 60.2 Å². The fourth-order valence-electron chi connectivity index (χ4n) is 3.92. The third kappa shape index (κ3) is 3.58. The van der Waals surface area contributed by atoms with Gasteiger partial charge in [-0.25, -0.2) is 4.98 Å². The third-order valence-electron chi connectivity index (χ3n) is 5.31. The highest BCUT2D eigenvalue weighted by Gasteiger charge is 2.26. The number of fused-ring (bicyclic) bond motifs is 1. The zero-order chi connectivity index (χ0) is 18.8. The number of hydrogen-bond acceptors (Lipinski definition) is 3. The molecule has 0 amide bonds. The number of likely N-dealkylation sites (tertiary alicyclic amines) is 1. The number of ketones is 1. The Balaban J connectivity index is 1.81. The first-order chi connectivity index (χ1) is 13.2. The molecule has 2 heterocycles. The molecule has 0 radical (unpaired) electrons. The first-order valence-corrected chi connectivity index (χ1v) is 9.64. The second-order valence-corrected chi connectivity index (χ2v) is 7.20. The average molecular weight is 359 g/mol. The summed E-state index contributed by atoms with van der Waals surface area (Å²) in [5.74, 6) is 1.07. The molecular formula is C23H25N3O. The van der Waals surface area contributed by atoms with E-state index >= 15 is 0 Å². The number of likely N-dealkylation sites (N-methyl/N-ethyl adjacent to an activating group) is 1. The van der Waals surface area contributed by atoms with Gasteiger partial charge in [0.1, 0.15) is 5.82 Å². The predicted octanol–water partition coefficient (Wildman–Crippen LogP) is 4.57. The third-order valence-corrected chi connectivity index (χ3v) is 5.31. The van der Waals surface area contributed by atoms with E-state index in [0.29, 0.717) is 6.04 Å². The molecule has 1 fully saturated rings. The molecule has 0 aliphatic carbocycles. The van der Waals surface area contributed by atoms with Gasteiger partial charge in [-0.1, -0.05) is 43.3 Å². The van der Waals surface area contributed by atoms with Crippen molar-refractivity contribution in [3.63, 3.8) is 0 Å². The zero-order valence-electron chi connectivity index (χ0n) is 15.9. The summed E-state index contributed by atoms with van der Waals surface area (Å²) >= 11 is 0. The molecular weight excluding hydrogens is 334 g/mol. The van der Waals surface area contributed by atoms with E-state index in [2.05, 4.69) is 46.7 Å². The topological polar surface area (TPSA) is 38.1 Å². The van der Waals surface area contributed by atoms with Crippen LogP contribution in [0.15, 0.2) is 54.6 Å².